The van der Waals surface area contributed by atoms with Gasteiger partial charge in [0.25, 0.3) is 0 Å². The van der Waals surface area contributed by atoms with Gasteiger partial charge < -0.3 is 15.5 Å². The summed E-state index contributed by atoms with van der Waals surface area (Å²) in [6, 6.07) is -0.641. The molecule has 55 heavy (non-hydrogen) atoms. The van der Waals surface area contributed by atoms with E-state index in [0.717, 1.165) is 64.2 Å². The van der Waals surface area contributed by atoms with Crippen LogP contribution in [-0.4, -0.2) is 34.9 Å². The number of hydrogen-bond donors (Lipinski definition) is 3. The van der Waals surface area contributed by atoms with Crippen LogP contribution in [0.15, 0.2) is 85.1 Å². The van der Waals surface area contributed by atoms with E-state index in [1.165, 1.54) is 128 Å². The third-order valence-electron chi connectivity index (χ3n) is 10.1. The van der Waals surface area contributed by atoms with Crippen LogP contribution in [0, 0.1) is 0 Å². The van der Waals surface area contributed by atoms with Gasteiger partial charge in [-0.05, 0) is 77.0 Å². The van der Waals surface area contributed by atoms with Crippen molar-refractivity contribution in [3.8, 4) is 0 Å². The van der Waals surface area contributed by atoms with Crippen LogP contribution in [0.4, 0.5) is 0 Å². The van der Waals surface area contributed by atoms with Crippen molar-refractivity contribution >= 4 is 5.91 Å². The van der Waals surface area contributed by atoms with Crippen LogP contribution in [0.2, 0.25) is 0 Å². The van der Waals surface area contributed by atoms with Gasteiger partial charge in [-0.15, -0.1) is 0 Å². The molecule has 0 saturated carbocycles. The highest BCUT2D eigenvalue weighted by Crippen LogP contribution is 2.15. The predicted octanol–water partition coefficient (Wildman–Crippen LogP) is 14.9. The number of hydrogen-bond acceptors (Lipinski definition) is 3. The number of carbonyl (C=O) groups excluding carboxylic acids is 1. The van der Waals surface area contributed by atoms with E-state index in [0.29, 0.717) is 6.42 Å². The van der Waals surface area contributed by atoms with Crippen molar-refractivity contribution < 1.29 is 15.0 Å². The molecule has 3 N–H and O–H groups in total. The van der Waals surface area contributed by atoms with Gasteiger partial charge in [0.15, 0.2) is 0 Å². The van der Waals surface area contributed by atoms with E-state index >= 15 is 0 Å². The Morgan fingerprint density at radius 3 is 1.27 bits per heavy atom. The van der Waals surface area contributed by atoms with Gasteiger partial charge in [0.1, 0.15) is 0 Å². The topological polar surface area (TPSA) is 69.6 Å². The third-order valence-corrected chi connectivity index (χ3v) is 10.1. The standard InChI is InChI=1S/C51H89NO3/c1-3-5-7-9-11-13-15-17-18-19-20-21-22-23-24-25-26-27-28-29-30-31-32-33-34-35-37-39-41-43-45-47-51(55)52-49(48-53)50(54)46-44-42-40-38-36-16-14-12-10-8-6-4-2/h5,7,11,13,17-18,20-21,23-24,36,38,44,46,49-50,53-54H,3-4,6,8-10,12,14-16,19,22,25-35,37,39-43,45,47-48H2,1-2H3,(H,52,55)/b7-5-,13-11-,18-17-,21-20-,24-23-,38-36+,46-44+. The minimum Gasteiger partial charge on any atom is -0.394 e. The maximum atomic E-state index is 12.4. The first-order valence-electron chi connectivity index (χ1n) is 23.3. The summed E-state index contributed by atoms with van der Waals surface area (Å²) in [5.74, 6) is -0.0783. The molecule has 4 nitrogen and oxygen atoms in total. The molecule has 0 aromatic heterocycles. The highest BCUT2D eigenvalue weighted by Gasteiger charge is 2.17. The average Bonchev–Trinajstić information content (AvgIpc) is 3.19. The molecule has 0 radical (unpaired) electrons. The van der Waals surface area contributed by atoms with E-state index in [4.69, 9.17) is 0 Å². The van der Waals surface area contributed by atoms with Crippen molar-refractivity contribution in [3.63, 3.8) is 0 Å². The van der Waals surface area contributed by atoms with Crippen molar-refractivity contribution in [2.75, 3.05) is 6.61 Å². The van der Waals surface area contributed by atoms with Gasteiger partial charge in [-0.3, -0.25) is 4.79 Å². The smallest absolute Gasteiger partial charge is 0.220 e. The molecule has 0 aliphatic rings. The van der Waals surface area contributed by atoms with Crippen LogP contribution in [-0.2, 0) is 4.79 Å². The summed E-state index contributed by atoms with van der Waals surface area (Å²) in [6.07, 6.45) is 67.1. The Labute approximate surface area is 341 Å². The van der Waals surface area contributed by atoms with Gasteiger partial charge in [0.2, 0.25) is 5.91 Å². The van der Waals surface area contributed by atoms with E-state index in [1.54, 1.807) is 6.08 Å². The monoisotopic (exact) mass is 764 g/mol. The first kappa shape index (κ1) is 52.6. The summed E-state index contributed by atoms with van der Waals surface area (Å²) < 4.78 is 0. The molecule has 0 rings (SSSR count). The second-order valence-electron chi connectivity index (χ2n) is 15.4. The van der Waals surface area contributed by atoms with Gasteiger partial charge >= 0.3 is 0 Å². The number of amides is 1. The number of nitrogens with one attached hydrogen (secondary N) is 1. The highest BCUT2D eigenvalue weighted by atomic mass is 16.3. The third kappa shape index (κ3) is 42.6. The SMILES string of the molecule is CC/C=C\C/C=C\C/C=C\C/C=C\C/C=C\CCCCCCCCCCCCCCCCCC(=O)NC(CO)C(O)/C=C/CC/C=C/CCCCCCCC. The van der Waals surface area contributed by atoms with Gasteiger partial charge in [-0.25, -0.2) is 0 Å². The summed E-state index contributed by atoms with van der Waals surface area (Å²) in [5, 5.41) is 22.9. The van der Waals surface area contributed by atoms with Crippen molar-refractivity contribution in [2.24, 2.45) is 0 Å². The van der Waals surface area contributed by atoms with E-state index in [-0.39, 0.29) is 12.5 Å². The van der Waals surface area contributed by atoms with Crippen LogP contribution in [0.5, 0.6) is 0 Å². The fourth-order valence-electron chi connectivity index (χ4n) is 6.57. The lowest BCUT2D eigenvalue weighted by Crippen LogP contribution is -2.45. The molecule has 0 aromatic carbocycles. The minimum atomic E-state index is -0.864. The molecule has 2 atom stereocenters. The van der Waals surface area contributed by atoms with Crippen LogP contribution in [0.25, 0.3) is 0 Å². The molecule has 0 fully saturated rings. The van der Waals surface area contributed by atoms with Crippen LogP contribution >= 0.6 is 0 Å². The largest absolute Gasteiger partial charge is 0.394 e. The van der Waals surface area contributed by atoms with E-state index in [9.17, 15) is 15.0 Å². The normalized spacial score (nSPS) is 13.7. The summed E-state index contributed by atoms with van der Waals surface area (Å²) >= 11 is 0. The molecule has 0 spiro atoms. The summed E-state index contributed by atoms with van der Waals surface area (Å²) in [6.45, 7) is 4.16. The Kier molecular flexibility index (Phi) is 43.9. The number of allylic oxidation sites excluding steroid dienone is 13. The number of carbonyl (C=O) groups is 1. The molecule has 4 heteroatoms. The molecular formula is C51H89NO3. The second kappa shape index (κ2) is 46.0. The van der Waals surface area contributed by atoms with E-state index in [2.05, 4.69) is 92.1 Å². The molecule has 0 heterocycles. The molecule has 0 aliphatic carbocycles. The van der Waals surface area contributed by atoms with Gasteiger partial charge in [0, 0.05) is 6.42 Å². The van der Waals surface area contributed by atoms with Crippen LogP contribution < -0.4 is 5.32 Å². The Morgan fingerprint density at radius 1 is 0.455 bits per heavy atom. The Bertz CT molecular complexity index is 1000. The van der Waals surface area contributed by atoms with E-state index < -0.39 is 12.1 Å². The number of aliphatic hydroxyl groups is 2. The van der Waals surface area contributed by atoms with Crippen LogP contribution in [0.1, 0.15) is 213 Å². The summed E-state index contributed by atoms with van der Waals surface area (Å²) in [4.78, 5) is 12.4. The molecule has 1 amide bonds. The maximum Gasteiger partial charge on any atom is 0.220 e. The molecule has 0 bridgehead atoms. The van der Waals surface area contributed by atoms with E-state index in [1.807, 2.05) is 6.08 Å². The van der Waals surface area contributed by atoms with Crippen molar-refractivity contribution in [3.05, 3.63) is 85.1 Å². The predicted molar refractivity (Wildman–Crippen MR) is 243 cm³/mol. The zero-order chi connectivity index (χ0) is 40.0. The number of rotatable bonds is 41. The lowest BCUT2D eigenvalue weighted by atomic mass is 10.0. The average molecular weight is 764 g/mol. The molecular weight excluding hydrogens is 675 g/mol. The lowest BCUT2D eigenvalue weighted by Gasteiger charge is -2.19. The van der Waals surface area contributed by atoms with Crippen molar-refractivity contribution in [1.82, 2.24) is 5.32 Å². The fraction of sp³-hybridized carbons (Fsp3) is 0.706. The number of aliphatic hydroxyl groups excluding tert-OH is 2. The van der Waals surface area contributed by atoms with Gasteiger partial charge in [-0.1, -0.05) is 214 Å². The summed E-state index contributed by atoms with van der Waals surface area (Å²) in [5.41, 5.74) is 0. The number of unbranched alkanes of at least 4 members (excludes halogenated alkanes) is 22. The van der Waals surface area contributed by atoms with Crippen molar-refractivity contribution in [2.45, 2.75) is 225 Å². The summed E-state index contributed by atoms with van der Waals surface area (Å²) in [7, 11) is 0. The molecule has 316 valence electrons. The quantitative estimate of drug-likeness (QED) is 0.0429. The minimum absolute atomic E-state index is 0.0783. The lowest BCUT2D eigenvalue weighted by molar-refractivity contribution is -0.123. The van der Waals surface area contributed by atoms with Crippen molar-refractivity contribution in [1.29, 1.82) is 0 Å². The highest BCUT2D eigenvalue weighted by molar-refractivity contribution is 5.76. The Balaban J connectivity index is 3.54. The Morgan fingerprint density at radius 2 is 0.818 bits per heavy atom. The second-order valence-corrected chi connectivity index (χ2v) is 15.4. The zero-order valence-corrected chi connectivity index (χ0v) is 36.2. The first-order chi connectivity index (χ1) is 27.2. The fourth-order valence-corrected chi connectivity index (χ4v) is 6.57. The first-order valence-corrected chi connectivity index (χ1v) is 23.3. The molecule has 0 aliphatic heterocycles. The Hall–Kier alpha value is -2.43. The van der Waals surface area contributed by atoms with Crippen LogP contribution in [0.3, 0.4) is 0 Å². The molecule has 0 aromatic rings. The zero-order valence-electron chi connectivity index (χ0n) is 36.2. The maximum absolute atomic E-state index is 12.4. The van der Waals surface area contributed by atoms with Gasteiger partial charge in [0.05, 0.1) is 18.8 Å². The molecule has 2 unspecified atom stereocenters. The molecule has 0 saturated heterocycles. The van der Waals surface area contributed by atoms with Gasteiger partial charge in [-0.2, -0.15) is 0 Å².